The number of aliphatic hydroxyl groups excluding tert-OH is 1. The van der Waals surface area contributed by atoms with Crippen molar-refractivity contribution < 1.29 is 40.3 Å². The number of hydrazine groups is 1. The summed E-state index contributed by atoms with van der Waals surface area (Å²) >= 11 is 0. The van der Waals surface area contributed by atoms with Gasteiger partial charge in [-0.15, -0.1) is 4.83 Å². The molecule has 3 aliphatic rings. The zero-order valence-electron chi connectivity index (χ0n) is 30.0. The summed E-state index contributed by atoms with van der Waals surface area (Å²) in [5.41, 5.74) is 0. The Morgan fingerprint density at radius 1 is 0.816 bits per heavy atom. The molecule has 0 aromatic carbocycles. The van der Waals surface area contributed by atoms with E-state index >= 15 is 0 Å². The summed E-state index contributed by atoms with van der Waals surface area (Å²) in [5.74, 6) is -2.80. The molecule has 0 spiro atoms. The van der Waals surface area contributed by atoms with Gasteiger partial charge in [-0.05, 0) is 70.1 Å². The third-order valence-corrected chi connectivity index (χ3v) is 14.6. The summed E-state index contributed by atoms with van der Waals surface area (Å²) in [5, 5.41) is 14.0. The first kappa shape index (κ1) is 42.0. The highest BCUT2D eigenvalue weighted by atomic mass is 32.2. The van der Waals surface area contributed by atoms with E-state index in [0.29, 0.717) is 25.9 Å². The first-order chi connectivity index (χ1) is 23.0. The quantitative estimate of drug-likeness (QED) is 0.192. The van der Waals surface area contributed by atoms with Gasteiger partial charge in [-0.3, -0.25) is 9.59 Å². The average Bonchev–Trinajstić information content (AvgIpc) is 3.03. The standard InChI is InChI=1S/C33H61F2N5O7S2/c1-6-13-40(14-7-2)33(43)25-18-24(19-29(20-25)49(46,47)38(3)4)32(42)36-30(17-23-15-26(34)21-27(35)16-23)31(41)22-39(5)37-48(44,45)28-11-9-8-10-12-28/h23-31,37,41H,6-22H2,1-5H3,(H,36,42). The summed E-state index contributed by atoms with van der Waals surface area (Å²) < 4.78 is 82.7. The minimum atomic E-state index is -3.83. The second-order valence-corrected chi connectivity index (χ2v) is 19.2. The molecule has 12 nitrogen and oxygen atoms in total. The van der Waals surface area contributed by atoms with Crippen LogP contribution in [0.25, 0.3) is 0 Å². The van der Waals surface area contributed by atoms with Crippen molar-refractivity contribution in [2.45, 2.75) is 139 Å². The van der Waals surface area contributed by atoms with Crippen LogP contribution in [0.2, 0.25) is 0 Å². The van der Waals surface area contributed by atoms with E-state index in [9.17, 15) is 40.3 Å². The molecule has 0 aliphatic heterocycles. The van der Waals surface area contributed by atoms with Gasteiger partial charge in [-0.1, -0.05) is 33.1 Å². The molecule has 286 valence electrons. The predicted octanol–water partition coefficient (Wildman–Crippen LogP) is 3.12. The predicted molar refractivity (Wildman–Crippen MR) is 186 cm³/mol. The van der Waals surface area contributed by atoms with Gasteiger partial charge in [0.05, 0.1) is 22.6 Å². The van der Waals surface area contributed by atoms with Crippen molar-refractivity contribution in [2.24, 2.45) is 17.8 Å². The number of carbonyl (C=O) groups is 2. The molecule has 0 saturated heterocycles. The number of hydrogen-bond acceptors (Lipinski definition) is 8. The lowest BCUT2D eigenvalue weighted by atomic mass is 9.79. The van der Waals surface area contributed by atoms with Gasteiger partial charge in [0.25, 0.3) is 0 Å². The topological polar surface area (TPSA) is 156 Å². The number of rotatable bonds is 17. The summed E-state index contributed by atoms with van der Waals surface area (Å²) in [6.45, 7) is 4.74. The van der Waals surface area contributed by atoms with E-state index in [2.05, 4.69) is 10.1 Å². The third kappa shape index (κ3) is 12.0. The Balaban J connectivity index is 1.83. The van der Waals surface area contributed by atoms with Crippen molar-refractivity contribution >= 4 is 31.9 Å². The fraction of sp³-hybridized carbons (Fsp3) is 0.939. The van der Waals surface area contributed by atoms with Gasteiger partial charge in [0.1, 0.15) is 12.3 Å². The number of halogens is 2. The Kier molecular flexibility index (Phi) is 16.1. The lowest BCUT2D eigenvalue weighted by Gasteiger charge is -2.38. The summed E-state index contributed by atoms with van der Waals surface area (Å²) in [6, 6.07) is -1.01. The van der Waals surface area contributed by atoms with Crippen molar-refractivity contribution in [1.29, 1.82) is 0 Å². The molecule has 3 saturated carbocycles. The molecule has 49 heavy (non-hydrogen) atoms. The maximum absolute atomic E-state index is 14.4. The highest BCUT2D eigenvalue weighted by molar-refractivity contribution is 7.90. The average molecular weight is 742 g/mol. The fourth-order valence-corrected chi connectivity index (χ4v) is 11.1. The van der Waals surface area contributed by atoms with Gasteiger partial charge < -0.3 is 15.3 Å². The smallest absolute Gasteiger partial charge is 0.227 e. The molecule has 7 unspecified atom stereocenters. The van der Waals surface area contributed by atoms with Crippen molar-refractivity contribution in [3.05, 3.63) is 0 Å². The Bertz CT molecular complexity index is 1270. The number of alkyl halides is 2. The van der Waals surface area contributed by atoms with Crippen LogP contribution in [0.3, 0.4) is 0 Å². The molecule has 2 amide bonds. The summed E-state index contributed by atoms with van der Waals surface area (Å²) in [6.07, 6.45) is 1.30. The number of nitrogens with one attached hydrogen (secondary N) is 2. The van der Waals surface area contributed by atoms with E-state index in [1.54, 1.807) is 4.90 Å². The zero-order valence-corrected chi connectivity index (χ0v) is 31.7. The molecule has 16 heteroatoms. The van der Waals surface area contributed by atoms with Crippen molar-refractivity contribution in [3.8, 4) is 0 Å². The van der Waals surface area contributed by atoms with E-state index in [1.165, 1.54) is 26.2 Å². The van der Waals surface area contributed by atoms with Crippen LogP contribution in [0.1, 0.15) is 104 Å². The number of aliphatic hydroxyl groups is 1. The van der Waals surface area contributed by atoms with E-state index in [1.807, 2.05) is 13.8 Å². The Morgan fingerprint density at radius 2 is 1.39 bits per heavy atom. The van der Waals surface area contributed by atoms with E-state index in [-0.39, 0.29) is 57.4 Å². The van der Waals surface area contributed by atoms with Crippen LogP contribution < -0.4 is 10.1 Å². The second kappa shape index (κ2) is 18.9. The molecule has 3 aliphatic carbocycles. The largest absolute Gasteiger partial charge is 0.390 e. The molecule has 0 aromatic rings. The van der Waals surface area contributed by atoms with Gasteiger partial charge in [0.2, 0.25) is 31.9 Å². The molecule has 0 heterocycles. The molecule has 3 N–H and O–H groups in total. The second-order valence-electron chi connectivity index (χ2n) is 14.8. The molecule has 0 aromatic heterocycles. The highest BCUT2D eigenvalue weighted by Crippen LogP contribution is 2.36. The van der Waals surface area contributed by atoms with Crippen molar-refractivity contribution in [3.63, 3.8) is 0 Å². The van der Waals surface area contributed by atoms with Gasteiger partial charge >= 0.3 is 0 Å². The third-order valence-electron chi connectivity index (χ3n) is 10.4. The van der Waals surface area contributed by atoms with E-state index in [4.69, 9.17) is 0 Å². The first-order valence-corrected chi connectivity index (χ1v) is 21.2. The van der Waals surface area contributed by atoms with Crippen molar-refractivity contribution in [2.75, 3.05) is 40.8 Å². The summed E-state index contributed by atoms with van der Waals surface area (Å²) in [4.78, 5) is 32.0. The molecule has 3 rings (SSSR count). The number of amides is 2. The Labute approximate surface area is 293 Å². The van der Waals surface area contributed by atoms with Gasteiger partial charge in [0.15, 0.2) is 0 Å². The van der Waals surface area contributed by atoms with E-state index < -0.39 is 78.7 Å². The van der Waals surface area contributed by atoms with Crippen LogP contribution in [-0.2, 0) is 29.6 Å². The first-order valence-electron chi connectivity index (χ1n) is 18.2. The van der Waals surface area contributed by atoms with Crippen LogP contribution in [0.15, 0.2) is 0 Å². The molecule has 7 atom stereocenters. The number of sulfonamides is 2. The monoisotopic (exact) mass is 741 g/mol. The van der Waals surface area contributed by atoms with Crippen LogP contribution in [0, 0.1) is 17.8 Å². The number of carbonyl (C=O) groups excluding carboxylic acids is 2. The zero-order chi connectivity index (χ0) is 36.5. The molecular formula is C33H61F2N5O7S2. The SMILES string of the molecule is CCCN(CCC)C(=O)C1CC(C(=O)NC(CC2CC(F)CC(F)C2)C(O)CN(C)NS(=O)(=O)C2CCCCC2)CC(S(=O)(=O)N(C)C)C1. The minimum Gasteiger partial charge on any atom is -0.390 e. The van der Waals surface area contributed by atoms with E-state index in [0.717, 1.165) is 36.4 Å². The molecular weight excluding hydrogens is 681 g/mol. The van der Waals surface area contributed by atoms with Gasteiger partial charge in [0, 0.05) is 59.0 Å². The fourth-order valence-electron chi connectivity index (χ4n) is 7.92. The highest BCUT2D eigenvalue weighted by Gasteiger charge is 2.44. The maximum Gasteiger partial charge on any atom is 0.227 e. The Hall–Kier alpha value is -1.46. The molecule has 0 bridgehead atoms. The van der Waals surface area contributed by atoms with Gasteiger partial charge in [-0.2, -0.15) is 0 Å². The van der Waals surface area contributed by atoms with Crippen LogP contribution >= 0.6 is 0 Å². The van der Waals surface area contributed by atoms with Crippen molar-refractivity contribution in [1.82, 2.24) is 24.4 Å². The molecule has 0 radical (unpaired) electrons. The molecule has 3 fully saturated rings. The van der Waals surface area contributed by atoms with Crippen LogP contribution in [0.5, 0.6) is 0 Å². The minimum absolute atomic E-state index is 0.0237. The lowest BCUT2D eigenvalue weighted by Crippen LogP contribution is -2.55. The normalized spacial score (nSPS) is 28.7. The lowest BCUT2D eigenvalue weighted by molar-refractivity contribution is -0.138. The number of likely N-dealkylation sites (N-methyl/N-ethyl adjacent to an activating group) is 1. The maximum atomic E-state index is 14.4. The Morgan fingerprint density at radius 3 is 1.94 bits per heavy atom. The number of nitrogens with zero attached hydrogens (tertiary/aromatic N) is 3. The van der Waals surface area contributed by atoms with Gasteiger partial charge in [-0.25, -0.2) is 34.9 Å². The van der Waals surface area contributed by atoms with Crippen LogP contribution in [-0.4, -0.2) is 124 Å². The number of hydrogen-bond donors (Lipinski definition) is 3. The summed E-state index contributed by atoms with van der Waals surface area (Å²) in [7, 11) is -3.22. The van der Waals surface area contributed by atoms with Crippen LogP contribution in [0.4, 0.5) is 8.78 Å².